The molecular weight excluding hydrogens is 275 g/mol. The summed E-state index contributed by atoms with van der Waals surface area (Å²) in [5.74, 6) is 0. The third kappa shape index (κ3) is 2.66. The first-order valence-corrected chi connectivity index (χ1v) is 5.97. The van der Waals surface area contributed by atoms with E-state index in [1.165, 1.54) is 6.07 Å². The molecule has 0 bridgehead atoms. The van der Waals surface area contributed by atoms with Gasteiger partial charge in [0.25, 0.3) is 5.56 Å². The molecule has 2 rings (SSSR count). The van der Waals surface area contributed by atoms with Gasteiger partial charge in [-0.2, -0.15) is 0 Å². The maximum atomic E-state index is 11.7. The summed E-state index contributed by atoms with van der Waals surface area (Å²) >= 11 is 11.7. The Labute approximate surface area is 113 Å². The van der Waals surface area contributed by atoms with E-state index in [4.69, 9.17) is 23.2 Å². The smallest absolute Gasteiger partial charge is 0.311 e. The van der Waals surface area contributed by atoms with Crippen molar-refractivity contribution in [3.05, 3.63) is 66.4 Å². The lowest BCUT2D eigenvalue weighted by Gasteiger charge is -2.06. The number of H-pyrrole nitrogens is 1. The van der Waals surface area contributed by atoms with Crippen LogP contribution in [-0.2, 0) is 6.54 Å². The molecule has 0 amide bonds. The fraction of sp³-hybridized carbons (Fsp3) is 0.167. The van der Waals surface area contributed by atoms with E-state index >= 15 is 0 Å². The van der Waals surface area contributed by atoms with Gasteiger partial charge in [0.15, 0.2) is 0 Å². The second-order valence-corrected chi connectivity index (χ2v) is 4.74. The lowest BCUT2D eigenvalue weighted by Crippen LogP contribution is -2.35. The van der Waals surface area contributed by atoms with E-state index < -0.39 is 5.69 Å². The fourth-order valence-corrected chi connectivity index (χ4v) is 1.93. The first-order chi connectivity index (χ1) is 8.47. The molecule has 6 heteroatoms. The molecule has 0 atom stereocenters. The van der Waals surface area contributed by atoms with Crippen LogP contribution in [-0.4, -0.2) is 9.55 Å². The summed E-state index contributed by atoms with van der Waals surface area (Å²) in [5.41, 5.74) is 0.490. The lowest BCUT2D eigenvalue weighted by molar-refractivity contribution is 0.693. The van der Waals surface area contributed by atoms with Gasteiger partial charge >= 0.3 is 5.69 Å². The summed E-state index contributed by atoms with van der Waals surface area (Å²) in [5, 5.41) is 0.830. The summed E-state index contributed by atoms with van der Waals surface area (Å²) in [6.07, 6.45) is 0. The van der Waals surface area contributed by atoms with E-state index in [0.717, 1.165) is 10.1 Å². The fourth-order valence-electron chi connectivity index (χ4n) is 1.61. The molecule has 0 saturated heterocycles. The van der Waals surface area contributed by atoms with Crippen LogP contribution in [0.1, 0.15) is 11.3 Å². The minimum Gasteiger partial charge on any atom is -0.311 e. The number of aromatic nitrogens is 2. The van der Waals surface area contributed by atoms with Gasteiger partial charge in [-0.15, -0.1) is 0 Å². The molecule has 94 valence electrons. The van der Waals surface area contributed by atoms with Crippen molar-refractivity contribution in [1.82, 2.24) is 9.55 Å². The Morgan fingerprint density at radius 1 is 1.17 bits per heavy atom. The molecule has 0 aliphatic heterocycles. The van der Waals surface area contributed by atoms with E-state index in [1.807, 2.05) is 0 Å². The van der Waals surface area contributed by atoms with Crippen LogP contribution in [0.4, 0.5) is 0 Å². The minimum absolute atomic E-state index is 0.158. The molecule has 0 fully saturated rings. The van der Waals surface area contributed by atoms with Crippen molar-refractivity contribution in [1.29, 1.82) is 0 Å². The van der Waals surface area contributed by atoms with Crippen molar-refractivity contribution in [3.63, 3.8) is 0 Å². The van der Waals surface area contributed by atoms with Gasteiger partial charge in [-0.05, 0) is 24.6 Å². The van der Waals surface area contributed by atoms with Crippen molar-refractivity contribution < 1.29 is 0 Å². The highest BCUT2D eigenvalue weighted by Gasteiger charge is 2.05. The van der Waals surface area contributed by atoms with Gasteiger partial charge in [0, 0.05) is 11.8 Å². The topological polar surface area (TPSA) is 54.9 Å². The van der Waals surface area contributed by atoms with Crippen LogP contribution in [0.5, 0.6) is 0 Å². The molecule has 0 aliphatic carbocycles. The van der Waals surface area contributed by atoms with Crippen molar-refractivity contribution in [2.75, 3.05) is 0 Å². The maximum Gasteiger partial charge on any atom is 0.328 e. The number of halogens is 2. The molecule has 2 aromatic rings. The molecule has 1 aromatic carbocycles. The molecule has 0 unspecified atom stereocenters. The number of hydrogen-bond donors (Lipinski definition) is 1. The van der Waals surface area contributed by atoms with Crippen LogP contribution in [0.3, 0.4) is 0 Å². The Kier molecular flexibility index (Phi) is 3.59. The molecular formula is C12H10Cl2N2O2. The molecule has 0 spiro atoms. The van der Waals surface area contributed by atoms with E-state index in [1.54, 1.807) is 25.1 Å². The molecule has 1 N–H and O–H groups in total. The van der Waals surface area contributed by atoms with Gasteiger partial charge in [0.2, 0.25) is 0 Å². The first kappa shape index (κ1) is 12.9. The highest BCUT2D eigenvalue weighted by Crippen LogP contribution is 2.22. The van der Waals surface area contributed by atoms with Gasteiger partial charge in [-0.25, -0.2) is 4.79 Å². The van der Waals surface area contributed by atoms with Crippen LogP contribution in [0.15, 0.2) is 33.9 Å². The standard InChI is InChI=1S/C12H10Cl2N2O2/c1-7-4-11(17)16(12(18)15-7)6-8-2-3-9(13)10(14)5-8/h2-5H,6H2,1H3,(H,15,18). The van der Waals surface area contributed by atoms with Gasteiger partial charge in [-0.1, -0.05) is 29.3 Å². The second kappa shape index (κ2) is 5.00. The van der Waals surface area contributed by atoms with E-state index in [-0.39, 0.29) is 12.1 Å². The monoisotopic (exact) mass is 284 g/mol. The number of nitrogens with zero attached hydrogens (tertiary/aromatic N) is 1. The van der Waals surface area contributed by atoms with E-state index in [9.17, 15) is 9.59 Å². The third-order valence-corrected chi connectivity index (χ3v) is 3.22. The quantitative estimate of drug-likeness (QED) is 0.919. The van der Waals surface area contributed by atoms with Gasteiger partial charge < -0.3 is 4.98 Å². The largest absolute Gasteiger partial charge is 0.328 e. The predicted molar refractivity (Wildman–Crippen MR) is 71.6 cm³/mol. The molecule has 1 heterocycles. The SMILES string of the molecule is Cc1cc(=O)n(Cc2ccc(Cl)c(Cl)c2)c(=O)[nH]1. The zero-order valence-electron chi connectivity index (χ0n) is 9.54. The predicted octanol–water partition coefficient (Wildman–Crippen LogP) is 2.20. The van der Waals surface area contributed by atoms with Crippen LogP contribution >= 0.6 is 23.2 Å². The Morgan fingerprint density at radius 3 is 2.50 bits per heavy atom. The van der Waals surface area contributed by atoms with Crippen LogP contribution in [0.2, 0.25) is 10.0 Å². The lowest BCUT2D eigenvalue weighted by atomic mass is 10.2. The van der Waals surface area contributed by atoms with Gasteiger partial charge in [0.05, 0.1) is 16.6 Å². The van der Waals surface area contributed by atoms with Crippen LogP contribution in [0, 0.1) is 6.92 Å². The normalized spacial score (nSPS) is 10.6. The molecule has 0 radical (unpaired) electrons. The van der Waals surface area contributed by atoms with E-state index in [2.05, 4.69) is 4.98 Å². The summed E-state index contributed by atoms with van der Waals surface area (Å²) in [6, 6.07) is 6.36. The average Bonchev–Trinajstić information content (AvgIpc) is 2.28. The molecule has 18 heavy (non-hydrogen) atoms. The Bertz CT molecular complexity index is 673. The van der Waals surface area contributed by atoms with Crippen molar-refractivity contribution >= 4 is 23.2 Å². The number of hydrogen-bond acceptors (Lipinski definition) is 2. The molecule has 1 aromatic heterocycles. The van der Waals surface area contributed by atoms with Crippen molar-refractivity contribution in [2.24, 2.45) is 0 Å². The highest BCUT2D eigenvalue weighted by molar-refractivity contribution is 6.42. The summed E-state index contributed by atoms with van der Waals surface area (Å²) in [4.78, 5) is 25.9. The number of aromatic amines is 1. The molecule has 4 nitrogen and oxygen atoms in total. The van der Waals surface area contributed by atoms with Gasteiger partial charge in [0.1, 0.15) is 0 Å². The third-order valence-electron chi connectivity index (χ3n) is 2.48. The highest BCUT2D eigenvalue weighted by atomic mass is 35.5. The second-order valence-electron chi connectivity index (χ2n) is 3.93. The minimum atomic E-state index is -0.439. The zero-order valence-corrected chi connectivity index (χ0v) is 11.0. The number of aryl methyl sites for hydroxylation is 1. The Morgan fingerprint density at radius 2 is 1.89 bits per heavy atom. The zero-order chi connectivity index (χ0) is 13.3. The Balaban J connectivity index is 2.43. The van der Waals surface area contributed by atoms with Crippen molar-refractivity contribution in [3.8, 4) is 0 Å². The molecule has 0 aliphatic rings. The Hall–Kier alpha value is -1.52. The average molecular weight is 285 g/mol. The summed E-state index contributed by atoms with van der Waals surface area (Å²) < 4.78 is 1.10. The first-order valence-electron chi connectivity index (χ1n) is 5.22. The van der Waals surface area contributed by atoms with Crippen molar-refractivity contribution in [2.45, 2.75) is 13.5 Å². The van der Waals surface area contributed by atoms with Gasteiger partial charge in [-0.3, -0.25) is 9.36 Å². The summed E-state index contributed by atoms with van der Waals surface area (Å²) in [6.45, 7) is 1.82. The number of nitrogens with one attached hydrogen (secondary N) is 1. The number of benzene rings is 1. The van der Waals surface area contributed by atoms with Crippen LogP contribution in [0.25, 0.3) is 0 Å². The number of rotatable bonds is 2. The summed E-state index contributed by atoms with van der Waals surface area (Å²) in [7, 11) is 0. The molecule has 0 saturated carbocycles. The maximum absolute atomic E-state index is 11.7. The van der Waals surface area contributed by atoms with Crippen LogP contribution < -0.4 is 11.2 Å². The van der Waals surface area contributed by atoms with E-state index in [0.29, 0.717) is 15.7 Å².